The molecule has 1 aromatic heterocycles. The third kappa shape index (κ3) is 3.95. The summed E-state index contributed by atoms with van der Waals surface area (Å²) in [6.45, 7) is 6.10. The van der Waals surface area contributed by atoms with Gasteiger partial charge < -0.3 is 5.84 Å². The first-order valence-electron chi connectivity index (χ1n) is 7.72. The Morgan fingerprint density at radius 1 is 1.36 bits per heavy atom. The highest BCUT2D eigenvalue weighted by Crippen LogP contribution is 2.26. The lowest BCUT2D eigenvalue weighted by Gasteiger charge is -2.18. The van der Waals surface area contributed by atoms with Crippen molar-refractivity contribution in [3.63, 3.8) is 0 Å². The first-order valence-corrected chi connectivity index (χ1v) is 10.0. The molecule has 1 heterocycles. The summed E-state index contributed by atoms with van der Waals surface area (Å²) in [5, 5.41) is 17.0. The van der Waals surface area contributed by atoms with Gasteiger partial charge in [0.15, 0.2) is 5.82 Å². The second kappa shape index (κ2) is 7.86. The molecule has 134 valence electrons. The number of rotatable bonds is 7. The van der Waals surface area contributed by atoms with Gasteiger partial charge in [0, 0.05) is 18.7 Å². The van der Waals surface area contributed by atoms with Crippen molar-refractivity contribution in [3.8, 4) is 17.5 Å². The van der Waals surface area contributed by atoms with E-state index in [1.54, 1.807) is 39.0 Å². The molecule has 0 saturated heterocycles. The van der Waals surface area contributed by atoms with Gasteiger partial charge in [0.25, 0.3) is 0 Å². The van der Waals surface area contributed by atoms with Gasteiger partial charge in [-0.25, -0.2) is 13.1 Å². The van der Waals surface area contributed by atoms with Crippen LogP contribution in [-0.2, 0) is 10.0 Å². The number of nitrogens with two attached hydrogens (primary N) is 1. The summed E-state index contributed by atoms with van der Waals surface area (Å²) in [6.07, 6.45) is 0. The summed E-state index contributed by atoms with van der Waals surface area (Å²) in [4.78, 5) is 0.177. The molecule has 2 N–H and O–H groups in total. The van der Waals surface area contributed by atoms with Crippen LogP contribution in [0.2, 0.25) is 0 Å². The van der Waals surface area contributed by atoms with E-state index in [0.717, 1.165) is 0 Å². The van der Waals surface area contributed by atoms with Crippen molar-refractivity contribution in [2.75, 3.05) is 18.9 Å². The van der Waals surface area contributed by atoms with Crippen LogP contribution in [0, 0.1) is 11.3 Å². The Morgan fingerprint density at radius 2 is 2.04 bits per heavy atom. The molecule has 1 aromatic carbocycles. The standard InChI is InChI=1S/C15H20N6O2S2/c1-4-20(5-2)25(22,23)13-8-6-7-12(9-13)14-18-19-15(21(14)17)24-11(3)10-16/h6-9,11H,4-5,17H2,1-3H3. The number of nitrogen functional groups attached to an aromatic ring is 1. The lowest BCUT2D eigenvalue weighted by atomic mass is 10.2. The summed E-state index contributed by atoms with van der Waals surface area (Å²) in [7, 11) is -3.57. The quantitative estimate of drug-likeness (QED) is 0.573. The van der Waals surface area contributed by atoms with E-state index in [4.69, 9.17) is 11.1 Å². The molecule has 0 aliphatic heterocycles. The van der Waals surface area contributed by atoms with E-state index in [9.17, 15) is 8.42 Å². The van der Waals surface area contributed by atoms with Crippen LogP contribution in [0.15, 0.2) is 34.3 Å². The lowest BCUT2D eigenvalue weighted by molar-refractivity contribution is 0.445. The van der Waals surface area contributed by atoms with Gasteiger partial charge in [-0.3, -0.25) is 0 Å². The number of hydrogen-bond donors (Lipinski definition) is 1. The van der Waals surface area contributed by atoms with E-state index in [1.807, 2.05) is 0 Å². The molecule has 2 rings (SSSR count). The maximum absolute atomic E-state index is 12.7. The van der Waals surface area contributed by atoms with Crippen LogP contribution < -0.4 is 5.84 Å². The molecule has 25 heavy (non-hydrogen) atoms. The molecule has 0 radical (unpaired) electrons. The van der Waals surface area contributed by atoms with E-state index in [-0.39, 0.29) is 10.1 Å². The van der Waals surface area contributed by atoms with Gasteiger partial charge in [0.2, 0.25) is 15.2 Å². The van der Waals surface area contributed by atoms with Gasteiger partial charge in [0.05, 0.1) is 16.2 Å². The summed E-state index contributed by atoms with van der Waals surface area (Å²) in [5.41, 5.74) is 0.541. The van der Waals surface area contributed by atoms with Crippen LogP contribution in [0.25, 0.3) is 11.4 Å². The van der Waals surface area contributed by atoms with Crippen LogP contribution in [0.3, 0.4) is 0 Å². The maximum atomic E-state index is 12.7. The Morgan fingerprint density at radius 3 is 2.64 bits per heavy atom. The third-order valence-electron chi connectivity index (χ3n) is 3.56. The molecule has 0 fully saturated rings. The van der Waals surface area contributed by atoms with Gasteiger partial charge in [-0.15, -0.1) is 10.2 Å². The Balaban J connectivity index is 2.42. The average Bonchev–Trinajstić information content (AvgIpc) is 2.96. The Bertz CT molecular complexity index is 884. The Kier molecular flexibility index (Phi) is 6.05. The number of hydrogen-bond acceptors (Lipinski definition) is 7. The van der Waals surface area contributed by atoms with E-state index < -0.39 is 10.0 Å². The van der Waals surface area contributed by atoms with Gasteiger partial charge in [-0.05, 0) is 19.1 Å². The van der Waals surface area contributed by atoms with Crippen molar-refractivity contribution >= 4 is 21.8 Å². The van der Waals surface area contributed by atoms with Crippen molar-refractivity contribution in [2.24, 2.45) is 0 Å². The highest BCUT2D eigenvalue weighted by Gasteiger charge is 2.23. The van der Waals surface area contributed by atoms with Crippen molar-refractivity contribution < 1.29 is 8.42 Å². The SMILES string of the molecule is CCN(CC)S(=O)(=O)c1cccc(-c2nnc(SC(C)C#N)n2N)c1. The molecule has 0 bridgehead atoms. The van der Waals surface area contributed by atoms with Crippen molar-refractivity contribution in [2.45, 2.75) is 36.1 Å². The molecular weight excluding hydrogens is 360 g/mol. The van der Waals surface area contributed by atoms with Crippen molar-refractivity contribution in [3.05, 3.63) is 24.3 Å². The first-order chi connectivity index (χ1) is 11.8. The van der Waals surface area contributed by atoms with Crippen molar-refractivity contribution in [1.82, 2.24) is 19.2 Å². The predicted octanol–water partition coefficient (Wildman–Crippen LogP) is 1.69. The second-order valence-electron chi connectivity index (χ2n) is 5.18. The topological polar surface area (TPSA) is 118 Å². The lowest BCUT2D eigenvalue weighted by Crippen LogP contribution is -2.30. The average molecular weight is 380 g/mol. The molecule has 1 unspecified atom stereocenters. The van der Waals surface area contributed by atoms with E-state index in [0.29, 0.717) is 29.6 Å². The van der Waals surface area contributed by atoms with E-state index in [2.05, 4.69) is 16.3 Å². The van der Waals surface area contributed by atoms with Gasteiger partial charge in [-0.2, -0.15) is 9.57 Å². The second-order valence-corrected chi connectivity index (χ2v) is 8.43. The van der Waals surface area contributed by atoms with Crippen LogP contribution in [-0.4, -0.2) is 45.9 Å². The van der Waals surface area contributed by atoms with Gasteiger partial charge >= 0.3 is 0 Å². The van der Waals surface area contributed by atoms with Crippen LogP contribution in [0.1, 0.15) is 20.8 Å². The minimum Gasteiger partial charge on any atom is -0.335 e. The number of benzene rings is 1. The van der Waals surface area contributed by atoms with Crippen LogP contribution in [0.5, 0.6) is 0 Å². The number of nitrogens with zero attached hydrogens (tertiary/aromatic N) is 5. The number of nitriles is 1. The van der Waals surface area contributed by atoms with E-state index >= 15 is 0 Å². The molecule has 0 aliphatic carbocycles. The molecule has 1 atom stereocenters. The van der Waals surface area contributed by atoms with Gasteiger partial charge in [0.1, 0.15) is 0 Å². The molecule has 0 aliphatic rings. The Labute approximate surface area is 151 Å². The van der Waals surface area contributed by atoms with Crippen LogP contribution in [0.4, 0.5) is 0 Å². The van der Waals surface area contributed by atoms with Gasteiger partial charge in [-0.1, -0.05) is 37.7 Å². The minimum absolute atomic E-state index is 0.177. The molecule has 0 spiro atoms. The fraction of sp³-hybridized carbons (Fsp3) is 0.400. The summed E-state index contributed by atoms with van der Waals surface area (Å²) in [5.74, 6) is 6.35. The normalized spacial score (nSPS) is 12.9. The zero-order valence-electron chi connectivity index (χ0n) is 14.2. The third-order valence-corrected chi connectivity index (χ3v) is 6.56. The zero-order chi connectivity index (χ0) is 18.6. The molecule has 2 aromatic rings. The highest BCUT2D eigenvalue weighted by atomic mass is 32.2. The smallest absolute Gasteiger partial charge is 0.243 e. The fourth-order valence-corrected chi connectivity index (χ4v) is 4.41. The minimum atomic E-state index is -3.57. The zero-order valence-corrected chi connectivity index (χ0v) is 15.9. The maximum Gasteiger partial charge on any atom is 0.243 e. The summed E-state index contributed by atoms with van der Waals surface area (Å²) >= 11 is 1.18. The number of aromatic nitrogens is 3. The summed E-state index contributed by atoms with van der Waals surface area (Å²) in [6, 6.07) is 8.52. The monoisotopic (exact) mass is 380 g/mol. The molecular formula is C15H20N6O2S2. The highest BCUT2D eigenvalue weighted by molar-refractivity contribution is 8.00. The Hall–Kier alpha value is -2.09. The predicted molar refractivity (Wildman–Crippen MR) is 96.6 cm³/mol. The largest absolute Gasteiger partial charge is 0.335 e. The summed E-state index contributed by atoms with van der Waals surface area (Å²) < 4.78 is 28.0. The van der Waals surface area contributed by atoms with Crippen molar-refractivity contribution in [1.29, 1.82) is 5.26 Å². The number of sulfonamides is 1. The molecule has 0 amide bonds. The van der Waals surface area contributed by atoms with E-state index in [1.165, 1.54) is 26.8 Å². The fourth-order valence-electron chi connectivity index (χ4n) is 2.25. The van der Waals surface area contributed by atoms with Crippen LogP contribution >= 0.6 is 11.8 Å². The molecule has 0 saturated carbocycles. The first kappa shape index (κ1) is 19.2. The molecule has 8 nitrogen and oxygen atoms in total. The number of thioether (sulfide) groups is 1. The molecule has 10 heteroatoms.